The Hall–Kier alpha value is -2.17. The summed E-state index contributed by atoms with van der Waals surface area (Å²) in [6.45, 7) is 2.88. The van der Waals surface area contributed by atoms with Crippen LogP contribution in [0.5, 0.6) is 0 Å². The summed E-state index contributed by atoms with van der Waals surface area (Å²) >= 11 is 5.90. The maximum atomic E-state index is 5.90. The number of aromatic nitrogens is 3. The zero-order chi connectivity index (χ0) is 15.4. The zero-order valence-corrected chi connectivity index (χ0v) is 13.0. The highest BCUT2D eigenvalue weighted by atomic mass is 35.5. The lowest BCUT2D eigenvalue weighted by Crippen LogP contribution is -2.17. The quantitative estimate of drug-likeness (QED) is 0.780. The molecule has 0 bridgehead atoms. The Morgan fingerprint density at radius 3 is 2.73 bits per heavy atom. The lowest BCUT2D eigenvalue weighted by atomic mass is 10.1. The molecular weight excluding hydrogens is 296 g/mol. The fourth-order valence-electron chi connectivity index (χ4n) is 2.21. The molecule has 0 spiro atoms. The smallest absolute Gasteiger partial charge is 0.0646 e. The molecule has 0 radical (unpaired) electrons. The summed E-state index contributed by atoms with van der Waals surface area (Å²) in [5.41, 5.74) is 3.30. The van der Waals surface area contributed by atoms with Crippen molar-refractivity contribution >= 4 is 11.6 Å². The van der Waals surface area contributed by atoms with Crippen molar-refractivity contribution < 1.29 is 0 Å². The van der Waals surface area contributed by atoms with Crippen molar-refractivity contribution in [2.45, 2.75) is 19.5 Å². The molecule has 3 rings (SSSR count). The van der Waals surface area contributed by atoms with Crippen LogP contribution in [-0.4, -0.2) is 14.8 Å². The highest BCUT2D eigenvalue weighted by Crippen LogP contribution is 2.14. The van der Waals surface area contributed by atoms with Crippen molar-refractivity contribution in [3.63, 3.8) is 0 Å². The van der Waals surface area contributed by atoms with E-state index in [1.165, 1.54) is 5.56 Å². The summed E-state index contributed by atoms with van der Waals surface area (Å²) in [7, 11) is 0. The van der Waals surface area contributed by atoms with Crippen LogP contribution in [0.25, 0.3) is 5.69 Å². The van der Waals surface area contributed by atoms with Gasteiger partial charge in [0, 0.05) is 41.8 Å². The molecule has 2 aromatic heterocycles. The predicted octanol–water partition coefficient (Wildman–Crippen LogP) is 3.77. The molecule has 0 saturated heterocycles. The molecule has 0 aliphatic carbocycles. The molecule has 5 heteroatoms. The standard InChI is InChI=1S/C17H17ClN4/c1-13(15-3-2-8-19-11-15)20-9-14-10-21-22(12-14)17-6-4-16(18)5-7-17/h2-8,10-13,20H,9H2,1H3/t13-/m1/s1. The van der Waals surface area contributed by atoms with E-state index < -0.39 is 0 Å². The Morgan fingerprint density at radius 1 is 1.18 bits per heavy atom. The number of nitrogens with one attached hydrogen (secondary N) is 1. The van der Waals surface area contributed by atoms with E-state index in [9.17, 15) is 0 Å². The number of hydrogen-bond donors (Lipinski definition) is 1. The molecule has 2 heterocycles. The van der Waals surface area contributed by atoms with Gasteiger partial charge in [-0.05, 0) is 42.8 Å². The normalized spacial score (nSPS) is 12.3. The average Bonchev–Trinajstić information content (AvgIpc) is 3.03. The maximum Gasteiger partial charge on any atom is 0.0646 e. The van der Waals surface area contributed by atoms with E-state index >= 15 is 0 Å². The second kappa shape index (κ2) is 6.73. The van der Waals surface area contributed by atoms with E-state index in [-0.39, 0.29) is 6.04 Å². The minimum atomic E-state index is 0.243. The van der Waals surface area contributed by atoms with Crippen LogP contribution < -0.4 is 5.32 Å². The Balaban J connectivity index is 1.63. The number of pyridine rings is 1. The summed E-state index contributed by atoms with van der Waals surface area (Å²) in [5.74, 6) is 0. The molecule has 0 aliphatic heterocycles. The molecule has 112 valence electrons. The number of benzene rings is 1. The SMILES string of the molecule is C[C@@H](NCc1cnn(-c2ccc(Cl)cc2)c1)c1cccnc1. The number of hydrogen-bond acceptors (Lipinski definition) is 3. The van der Waals surface area contributed by atoms with Gasteiger partial charge in [0.05, 0.1) is 11.9 Å². The van der Waals surface area contributed by atoms with E-state index in [0.717, 1.165) is 22.8 Å². The third-order valence-electron chi connectivity index (χ3n) is 3.52. The average molecular weight is 313 g/mol. The minimum Gasteiger partial charge on any atom is -0.306 e. The van der Waals surface area contributed by atoms with Gasteiger partial charge in [-0.2, -0.15) is 5.10 Å². The first-order valence-corrected chi connectivity index (χ1v) is 7.53. The largest absolute Gasteiger partial charge is 0.306 e. The molecule has 22 heavy (non-hydrogen) atoms. The Kier molecular flexibility index (Phi) is 4.51. The van der Waals surface area contributed by atoms with Crippen LogP contribution in [0, 0.1) is 0 Å². The lowest BCUT2D eigenvalue weighted by molar-refractivity contribution is 0.573. The summed E-state index contributed by atoms with van der Waals surface area (Å²) in [5, 5.41) is 8.59. The monoisotopic (exact) mass is 312 g/mol. The third-order valence-corrected chi connectivity index (χ3v) is 3.78. The van der Waals surface area contributed by atoms with E-state index in [4.69, 9.17) is 11.6 Å². The van der Waals surface area contributed by atoms with Gasteiger partial charge >= 0.3 is 0 Å². The Morgan fingerprint density at radius 2 is 2.00 bits per heavy atom. The highest BCUT2D eigenvalue weighted by molar-refractivity contribution is 6.30. The van der Waals surface area contributed by atoms with Crippen LogP contribution in [-0.2, 0) is 6.54 Å². The lowest BCUT2D eigenvalue weighted by Gasteiger charge is -2.12. The van der Waals surface area contributed by atoms with Crippen molar-refractivity contribution in [3.8, 4) is 5.69 Å². The van der Waals surface area contributed by atoms with Gasteiger partial charge in [-0.25, -0.2) is 4.68 Å². The van der Waals surface area contributed by atoms with Crippen LogP contribution in [0.2, 0.25) is 5.02 Å². The molecular formula is C17H17ClN4. The minimum absolute atomic E-state index is 0.243. The van der Waals surface area contributed by atoms with Crippen molar-refractivity contribution in [1.29, 1.82) is 0 Å². The van der Waals surface area contributed by atoms with Gasteiger partial charge in [-0.1, -0.05) is 17.7 Å². The first-order chi connectivity index (χ1) is 10.7. The highest BCUT2D eigenvalue weighted by Gasteiger charge is 2.06. The molecule has 0 aliphatic rings. The van der Waals surface area contributed by atoms with Crippen LogP contribution >= 0.6 is 11.6 Å². The Labute approximate surface area is 134 Å². The fourth-order valence-corrected chi connectivity index (χ4v) is 2.33. The van der Waals surface area contributed by atoms with Gasteiger partial charge in [-0.3, -0.25) is 4.98 Å². The summed E-state index contributed by atoms with van der Waals surface area (Å²) in [6.07, 6.45) is 7.56. The second-order valence-corrected chi connectivity index (χ2v) is 5.59. The van der Waals surface area contributed by atoms with Gasteiger partial charge < -0.3 is 5.32 Å². The Bertz CT molecular complexity index is 722. The van der Waals surface area contributed by atoms with Crippen molar-refractivity contribution in [2.75, 3.05) is 0 Å². The van der Waals surface area contributed by atoms with Gasteiger partial charge in [0.25, 0.3) is 0 Å². The molecule has 1 aromatic carbocycles. The summed E-state index contributed by atoms with van der Waals surface area (Å²) in [4.78, 5) is 4.14. The fraction of sp³-hybridized carbons (Fsp3) is 0.176. The van der Waals surface area contributed by atoms with Gasteiger partial charge in [0.1, 0.15) is 0 Å². The molecule has 1 atom stereocenters. The van der Waals surface area contributed by atoms with Crippen molar-refractivity contribution in [1.82, 2.24) is 20.1 Å². The maximum absolute atomic E-state index is 5.90. The van der Waals surface area contributed by atoms with E-state index in [1.54, 1.807) is 6.20 Å². The van der Waals surface area contributed by atoms with E-state index in [0.29, 0.717) is 0 Å². The van der Waals surface area contributed by atoms with Gasteiger partial charge in [-0.15, -0.1) is 0 Å². The molecule has 1 N–H and O–H groups in total. The molecule has 3 aromatic rings. The number of rotatable bonds is 5. The first kappa shape index (κ1) is 14.8. The molecule has 0 fully saturated rings. The predicted molar refractivity (Wildman–Crippen MR) is 88.1 cm³/mol. The van der Waals surface area contributed by atoms with Crippen LogP contribution in [0.1, 0.15) is 24.1 Å². The van der Waals surface area contributed by atoms with Crippen LogP contribution in [0.15, 0.2) is 61.2 Å². The van der Waals surface area contributed by atoms with Gasteiger partial charge in [0.15, 0.2) is 0 Å². The number of nitrogens with zero attached hydrogens (tertiary/aromatic N) is 3. The summed E-state index contributed by atoms with van der Waals surface area (Å²) in [6, 6.07) is 11.9. The van der Waals surface area contributed by atoms with Crippen molar-refractivity contribution in [3.05, 3.63) is 77.3 Å². The van der Waals surface area contributed by atoms with E-state index in [1.807, 2.05) is 53.6 Å². The van der Waals surface area contributed by atoms with Crippen LogP contribution in [0.3, 0.4) is 0 Å². The zero-order valence-electron chi connectivity index (χ0n) is 12.3. The van der Waals surface area contributed by atoms with Crippen LogP contribution in [0.4, 0.5) is 0 Å². The molecule has 0 saturated carbocycles. The molecule has 4 nitrogen and oxygen atoms in total. The molecule has 0 amide bonds. The van der Waals surface area contributed by atoms with Gasteiger partial charge in [0.2, 0.25) is 0 Å². The topological polar surface area (TPSA) is 42.7 Å². The molecule has 0 unspecified atom stereocenters. The summed E-state index contributed by atoms with van der Waals surface area (Å²) < 4.78 is 1.85. The van der Waals surface area contributed by atoms with E-state index in [2.05, 4.69) is 28.4 Å². The number of halogens is 1. The van der Waals surface area contributed by atoms with Crippen molar-refractivity contribution in [2.24, 2.45) is 0 Å². The third kappa shape index (κ3) is 3.53. The second-order valence-electron chi connectivity index (χ2n) is 5.16. The first-order valence-electron chi connectivity index (χ1n) is 7.15.